The van der Waals surface area contributed by atoms with Crippen LogP contribution in [0.25, 0.3) is 5.57 Å². The van der Waals surface area contributed by atoms with Gasteiger partial charge in [0.2, 0.25) is 0 Å². The quantitative estimate of drug-likeness (QED) is 0.695. The molecule has 0 fully saturated rings. The number of halogens is 3. The number of carbonyl (C=O) groups excluding carboxylic acids is 1. The molecule has 0 saturated heterocycles. The third-order valence-corrected chi connectivity index (χ3v) is 4.60. The average molecular weight is 359 g/mol. The summed E-state index contributed by atoms with van der Waals surface area (Å²) in [6, 6.07) is 14.7. The number of nitrogens with zero attached hydrogens (tertiary/aromatic N) is 1. The molecule has 136 valence electrons. The first-order valence-corrected chi connectivity index (χ1v) is 8.61. The molecule has 2 aromatic carbocycles. The van der Waals surface area contributed by atoms with Crippen LogP contribution in [0.3, 0.4) is 0 Å². The monoisotopic (exact) mass is 359 g/mol. The fraction of sp³-hybridized carbons (Fsp3) is 0.286. The van der Waals surface area contributed by atoms with Gasteiger partial charge in [-0.1, -0.05) is 48.5 Å². The fourth-order valence-electron chi connectivity index (χ4n) is 3.10. The SMILES string of the molecule is O=C(CCN1CC=C(c2cccc(C(F)(F)F)c2)CC1)c1ccccc1. The second-order valence-corrected chi connectivity index (χ2v) is 6.40. The van der Waals surface area contributed by atoms with Crippen molar-refractivity contribution in [1.82, 2.24) is 4.90 Å². The molecule has 0 unspecified atom stereocenters. The van der Waals surface area contributed by atoms with Crippen LogP contribution in [0.4, 0.5) is 13.2 Å². The smallest absolute Gasteiger partial charge is 0.299 e. The number of benzene rings is 2. The van der Waals surface area contributed by atoms with E-state index in [9.17, 15) is 18.0 Å². The second-order valence-electron chi connectivity index (χ2n) is 6.40. The summed E-state index contributed by atoms with van der Waals surface area (Å²) in [7, 11) is 0. The topological polar surface area (TPSA) is 20.3 Å². The van der Waals surface area contributed by atoms with Crippen molar-refractivity contribution in [3.05, 3.63) is 77.4 Å². The number of hydrogen-bond acceptors (Lipinski definition) is 2. The van der Waals surface area contributed by atoms with Crippen LogP contribution >= 0.6 is 0 Å². The summed E-state index contributed by atoms with van der Waals surface area (Å²) < 4.78 is 38.6. The third kappa shape index (κ3) is 4.61. The second kappa shape index (κ2) is 7.87. The average Bonchev–Trinajstić information content (AvgIpc) is 2.66. The van der Waals surface area contributed by atoms with Crippen molar-refractivity contribution in [2.24, 2.45) is 0 Å². The predicted molar refractivity (Wildman–Crippen MR) is 95.9 cm³/mol. The molecular formula is C21H20F3NO. The van der Waals surface area contributed by atoms with Crippen molar-refractivity contribution < 1.29 is 18.0 Å². The lowest BCUT2D eigenvalue weighted by molar-refractivity contribution is -0.137. The Morgan fingerprint density at radius 1 is 1.04 bits per heavy atom. The largest absolute Gasteiger partial charge is 0.416 e. The summed E-state index contributed by atoms with van der Waals surface area (Å²) in [5.74, 6) is 0.109. The van der Waals surface area contributed by atoms with Crippen LogP contribution in [0.1, 0.15) is 34.3 Å². The third-order valence-electron chi connectivity index (χ3n) is 4.60. The molecule has 1 aliphatic rings. The van der Waals surface area contributed by atoms with Crippen LogP contribution in [-0.4, -0.2) is 30.3 Å². The number of rotatable bonds is 5. The van der Waals surface area contributed by atoms with Crippen LogP contribution in [0, 0.1) is 0 Å². The van der Waals surface area contributed by atoms with E-state index >= 15 is 0 Å². The van der Waals surface area contributed by atoms with Crippen LogP contribution in [0.15, 0.2) is 60.7 Å². The van der Waals surface area contributed by atoms with Gasteiger partial charge in [-0.2, -0.15) is 13.2 Å². The first-order valence-electron chi connectivity index (χ1n) is 8.61. The molecule has 0 aliphatic carbocycles. The number of alkyl halides is 3. The lowest BCUT2D eigenvalue weighted by Crippen LogP contribution is -2.30. The zero-order valence-electron chi connectivity index (χ0n) is 14.3. The van der Waals surface area contributed by atoms with Crippen molar-refractivity contribution in [1.29, 1.82) is 0 Å². The highest BCUT2D eigenvalue weighted by molar-refractivity contribution is 5.96. The lowest BCUT2D eigenvalue weighted by Gasteiger charge is -2.26. The van der Waals surface area contributed by atoms with E-state index in [2.05, 4.69) is 4.90 Å². The zero-order chi connectivity index (χ0) is 18.6. The van der Waals surface area contributed by atoms with Crippen LogP contribution in [0.2, 0.25) is 0 Å². The van der Waals surface area contributed by atoms with Crippen LogP contribution < -0.4 is 0 Å². The standard InChI is InChI=1S/C21H20F3NO/c22-21(23,24)19-8-4-7-18(15-19)16-9-12-25(13-10-16)14-11-20(26)17-5-2-1-3-6-17/h1-9,15H,10-14H2. The first-order chi connectivity index (χ1) is 12.4. The molecule has 0 spiro atoms. The van der Waals surface area contributed by atoms with Gasteiger partial charge >= 0.3 is 6.18 Å². The Hall–Kier alpha value is -2.40. The molecule has 0 bridgehead atoms. The molecular weight excluding hydrogens is 339 g/mol. The fourth-order valence-corrected chi connectivity index (χ4v) is 3.10. The molecule has 0 N–H and O–H groups in total. The molecule has 2 aromatic rings. The van der Waals surface area contributed by atoms with Gasteiger partial charge in [0.05, 0.1) is 5.56 Å². The lowest BCUT2D eigenvalue weighted by atomic mass is 9.97. The van der Waals surface area contributed by atoms with Gasteiger partial charge in [-0.25, -0.2) is 0 Å². The Balaban J connectivity index is 1.58. The van der Waals surface area contributed by atoms with Gasteiger partial charge in [-0.15, -0.1) is 0 Å². The Kier molecular flexibility index (Phi) is 5.57. The number of ketones is 1. The summed E-state index contributed by atoms with van der Waals surface area (Å²) in [5.41, 5.74) is 1.65. The van der Waals surface area contributed by atoms with Gasteiger partial charge in [0.15, 0.2) is 5.78 Å². The molecule has 3 rings (SSSR count). The van der Waals surface area contributed by atoms with E-state index in [1.165, 1.54) is 12.1 Å². The van der Waals surface area contributed by atoms with Crippen LogP contribution in [-0.2, 0) is 6.18 Å². The van der Waals surface area contributed by atoms with Crippen LogP contribution in [0.5, 0.6) is 0 Å². The van der Waals surface area contributed by atoms with E-state index in [1.807, 2.05) is 36.4 Å². The van der Waals surface area contributed by atoms with E-state index in [4.69, 9.17) is 0 Å². The van der Waals surface area contributed by atoms with Gasteiger partial charge in [0.1, 0.15) is 0 Å². The van der Waals surface area contributed by atoms with Gasteiger partial charge in [0, 0.05) is 31.6 Å². The minimum atomic E-state index is -4.32. The highest BCUT2D eigenvalue weighted by Gasteiger charge is 2.30. The molecule has 2 nitrogen and oxygen atoms in total. The Morgan fingerprint density at radius 2 is 1.81 bits per heavy atom. The molecule has 0 saturated carbocycles. The molecule has 0 aromatic heterocycles. The number of Topliss-reactive ketones (excluding diaryl/α,β-unsaturated/α-hetero) is 1. The van der Waals surface area contributed by atoms with Gasteiger partial charge in [-0.05, 0) is 29.7 Å². The van der Waals surface area contributed by atoms with E-state index in [-0.39, 0.29) is 5.78 Å². The molecule has 5 heteroatoms. The maximum absolute atomic E-state index is 12.9. The molecule has 0 atom stereocenters. The molecule has 0 radical (unpaired) electrons. The number of carbonyl (C=O) groups is 1. The van der Waals surface area contributed by atoms with Crippen molar-refractivity contribution in [2.75, 3.05) is 19.6 Å². The molecule has 1 aliphatic heterocycles. The van der Waals surface area contributed by atoms with E-state index in [1.54, 1.807) is 6.07 Å². The maximum Gasteiger partial charge on any atom is 0.416 e. The minimum Gasteiger partial charge on any atom is -0.299 e. The summed E-state index contributed by atoms with van der Waals surface area (Å²) in [5, 5.41) is 0. The summed E-state index contributed by atoms with van der Waals surface area (Å²) >= 11 is 0. The first kappa shape index (κ1) is 18.4. The molecule has 1 heterocycles. The Morgan fingerprint density at radius 3 is 2.46 bits per heavy atom. The van der Waals surface area contributed by atoms with Crippen molar-refractivity contribution >= 4 is 11.4 Å². The highest BCUT2D eigenvalue weighted by atomic mass is 19.4. The summed E-state index contributed by atoms with van der Waals surface area (Å²) in [6.45, 7) is 2.04. The van der Waals surface area contributed by atoms with Gasteiger partial charge in [-0.3, -0.25) is 9.69 Å². The normalized spacial score (nSPS) is 15.6. The Labute approximate surface area is 150 Å². The summed E-state index contributed by atoms with van der Waals surface area (Å²) in [6.07, 6.45) is -1.24. The van der Waals surface area contributed by atoms with Gasteiger partial charge < -0.3 is 0 Å². The molecule has 0 amide bonds. The number of hydrogen-bond donors (Lipinski definition) is 0. The van der Waals surface area contributed by atoms with E-state index in [0.717, 1.165) is 18.2 Å². The Bertz CT molecular complexity index is 796. The summed E-state index contributed by atoms with van der Waals surface area (Å²) in [4.78, 5) is 14.3. The van der Waals surface area contributed by atoms with E-state index in [0.29, 0.717) is 37.1 Å². The zero-order valence-corrected chi connectivity index (χ0v) is 14.3. The van der Waals surface area contributed by atoms with Crippen molar-refractivity contribution in [2.45, 2.75) is 19.0 Å². The highest BCUT2D eigenvalue weighted by Crippen LogP contribution is 2.32. The minimum absolute atomic E-state index is 0.109. The van der Waals surface area contributed by atoms with Crippen molar-refractivity contribution in [3.63, 3.8) is 0 Å². The maximum atomic E-state index is 12.9. The van der Waals surface area contributed by atoms with E-state index < -0.39 is 11.7 Å². The molecule has 26 heavy (non-hydrogen) atoms. The van der Waals surface area contributed by atoms with Crippen molar-refractivity contribution in [3.8, 4) is 0 Å². The predicted octanol–water partition coefficient (Wildman–Crippen LogP) is 5.07. The van der Waals surface area contributed by atoms with Gasteiger partial charge in [0.25, 0.3) is 0 Å².